The van der Waals surface area contributed by atoms with Crippen molar-refractivity contribution in [1.82, 2.24) is 0 Å². The Bertz CT molecular complexity index is 605. The van der Waals surface area contributed by atoms with Gasteiger partial charge in [0.15, 0.2) is 12.6 Å². The Morgan fingerprint density at radius 2 is 1.32 bits per heavy atom. The zero-order valence-corrected chi connectivity index (χ0v) is 18.3. The predicted molar refractivity (Wildman–Crippen MR) is 109 cm³/mol. The summed E-state index contributed by atoms with van der Waals surface area (Å²) in [5, 5.41) is 88.6. The van der Waals surface area contributed by atoms with Crippen molar-refractivity contribution in [2.75, 3.05) is 26.4 Å². The first-order chi connectivity index (χ1) is 16.0. The summed E-state index contributed by atoms with van der Waals surface area (Å²) in [6, 6.07) is -3.96. The number of rotatable bonds is 11. The fraction of sp³-hybridized carbons (Fsp3) is 1.00. The molecule has 16 heteroatoms. The van der Waals surface area contributed by atoms with E-state index in [9.17, 15) is 46.0 Å². The fourth-order valence-electron chi connectivity index (χ4n) is 3.77. The molecule has 0 amide bonds. The highest BCUT2D eigenvalue weighted by atomic mass is 16.7. The van der Waals surface area contributed by atoms with Crippen molar-refractivity contribution in [2.24, 2.45) is 17.2 Å². The van der Waals surface area contributed by atoms with Gasteiger partial charge < -0.3 is 82.1 Å². The molecule has 0 spiro atoms. The zero-order chi connectivity index (χ0) is 25.7. The quantitative estimate of drug-likeness (QED) is 0.124. The van der Waals surface area contributed by atoms with Crippen molar-refractivity contribution in [3.63, 3.8) is 0 Å². The molecule has 2 aliphatic heterocycles. The molecule has 2 fully saturated rings. The first kappa shape index (κ1) is 29.6. The van der Waals surface area contributed by atoms with E-state index in [1.165, 1.54) is 0 Å². The normalized spacial score (nSPS) is 42.7. The molecule has 16 nitrogen and oxygen atoms in total. The van der Waals surface area contributed by atoms with Crippen molar-refractivity contribution in [1.29, 1.82) is 0 Å². The highest BCUT2D eigenvalue weighted by Crippen LogP contribution is 2.29. The number of aliphatic hydroxyl groups is 9. The van der Waals surface area contributed by atoms with Gasteiger partial charge in [-0.1, -0.05) is 0 Å². The summed E-state index contributed by atoms with van der Waals surface area (Å²) in [5.41, 5.74) is 17.4. The lowest BCUT2D eigenvalue weighted by Gasteiger charge is -2.47. The molecule has 34 heavy (non-hydrogen) atoms. The van der Waals surface area contributed by atoms with Crippen LogP contribution >= 0.6 is 0 Å². The van der Waals surface area contributed by atoms with Gasteiger partial charge in [-0.25, -0.2) is 0 Å². The summed E-state index contributed by atoms with van der Waals surface area (Å²) in [5.74, 6) is 0. The third-order valence-electron chi connectivity index (χ3n) is 5.96. The molecule has 2 heterocycles. The monoisotopic (exact) mass is 503 g/mol. The molecule has 0 radical (unpaired) electrons. The molecule has 2 saturated heterocycles. The molecule has 2 rings (SSSR count). The van der Waals surface area contributed by atoms with E-state index in [0.29, 0.717) is 0 Å². The number of hydrogen-bond donors (Lipinski definition) is 12. The Morgan fingerprint density at radius 3 is 1.85 bits per heavy atom. The average molecular weight is 504 g/mol. The minimum Gasteiger partial charge on any atom is -0.395 e. The van der Waals surface area contributed by atoms with Crippen LogP contribution in [-0.2, 0) is 18.9 Å². The van der Waals surface area contributed by atoms with Crippen LogP contribution in [0.5, 0.6) is 0 Å². The molecular weight excluding hydrogens is 466 g/mol. The highest BCUT2D eigenvalue weighted by Gasteiger charge is 2.50. The first-order valence-corrected chi connectivity index (χ1v) is 10.7. The maximum atomic E-state index is 10.8. The van der Waals surface area contributed by atoms with Gasteiger partial charge >= 0.3 is 0 Å². The van der Waals surface area contributed by atoms with Crippen molar-refractivity contribution >= 4 is 0 Å². The van der Waals surface area contributed by atoms with E-state index in [2.05, 4.69) is 0 Å². The Balaban J connectivity index is 2.17. The molecule has 0 aromatic rings. The van der Waals surface area contributed by atoms with Gasteiger partial charge in [0.05, 0.1) is 44.6 Å². The molecule has 0 unspecified atom stereocenters. The maximum absolute atomic E-state index is 10.8. The lowest BCUT2D eigenvalue weighted by Crippen LogP contribution is -2.68. The standard InChI is InChI=1S/C18H37N3O13/c19-5(1-22)11(27)15(6(26)2-23)33-18-10(21)14(30)16(8(4-25)32-18)34-17-9(20)13(29)12(28)7(3-24)31-17/h5-18,22-30H,1-4,19-21H2/t5-,6+,7+,8+,9+,10+,11+,12+,13+,14+,15+,16+,17-,18-/m0/s1. The van der Waals surface area contributed by atoms with Crippen molar-refractivity contribution in [2.45, 2.75) is 85.6 Å². The molecule has 2 aliphatic rings. The van der Waals surface area contributed by atoms with Gasteiger partial charge in [-0.15, -0.1) is 0 Å². The number of aliphatic hydroxyl groups excluding tert-OH is 9. The predicted octanol–water partition coefficient (Wildman–Crippen LogP) is -8.04. The smallest absolute Gasteiger partial charge is 0.176 e. The lowest BCUT2D eigenvalue weighted by atomic mass is 9.95. The Labute approximate surface area is 195 Å². The van der Waals surface area contributed by atoms with E-state index in [4.69, 9.17) is 36.1 Å². The highest BCUT2D eigenvalue weighted by molar-refractivity contribution is 4.97. The SMILES string of the molecule is N[C@H]1[C@H](O[C@H]2[C@H](O)[C@@H](N)[C@H](O[C@@H]([C@H](O)[C@@H](N)CO)[C@H](O)CO)O[C@@H]2CO)O[C@H](CO)[C@@H](O)[C@@H]1O. The third-order valence-corrected chi connectivity index (χ3v) is 5.96. The second-order valence-corrected chi connectivity index (χ2v) is 8.37. The average Bonchev–Trinajstić information content (AvgIpc) is 2.84. The zero-order valence-electron chi connectivity index (χ0n) is 18.3. The number of nitrogens with two attached hydrogens (primary N) is 3. The molecule has 15 N–H and O–H groups in total. The summed E-state index contributed by atoms with van der Waals surface area (Å²) in [6.45, 7) is -2.93. The number of ether oxygens (including phenoxy) is 4. The van der Waals surface area contributed by atoms with E-state index in [1.807, 2.05) is 0 Å². The fourth-order valence-corrected chi connectivity index (χ4v) is 3.77. The Morgan fingerprint density at radius 1 is 0.765 bits per heavy atom. The van der Waals surface area contributed by atoms with Gasteiger partial charge in [0, 0.05) is 0 Å². The second kappa shape index (κ2) is 13.1. The van der Waals surface area contributed by atoms with Crippen LogP contribution < -0.4 is 17.2 Å². The topological polar surface area (TPSA) is 297 Å². The molecule has 0 aromatic heterocycles. The Kier molecular flexibility index (Phi) is 11.4. The van der Waals surface area contributed by atoms with E-state index >= 15 is 0 Å². The Hall–Kier alpha value is -0.640. The van der Waals surface area contributed by atoms with Crippen LogP contribution in [0.15, 0.2) is 0 Å². The molecule has 14 atom stereocenters. The van der Waals surface area contributed by atoms with Crippen LogP contribution in [0.1, 0.15) is 0 Å². The minimum absolute atomic E-state index is 0.666. The van der Waals surface area contributed by atoms with Crippen LogP contribution in [0, 0.1) is 0 Å². The first-order valence-electron chi connectivity index (χ1n) is 10.7. The van der Waals surface area contributed by atoms with Gasteiger partial charge in [-0.3, -0.25) is 0 Å². The summed E-state index contributed by atoms with van der Waals surface area (Å²) in [6.07, 6.45) is -16.5. The molecule has 0 bridgehead atoms. The summed E-state index contributed by atoms with van der Waals surface area (Å²) < 4.78 is 22.0. The van der Waals surface area contributed by atoms with E-state index in [1.54, 1.807) is 0 Å². The van der Waals surface area contributed by atoms with Crippen LogP contribution in [0.4, 0.5) is 0 Å². The van der Waals surface area contributed by atoms with Crippen LogP contribution in [-0.4, -0.2) is 158 Å². The van der Waals surface area contributed by atoms with Crippen LogP contribution in [0.25, 0.3) is 0 Å². The minimum atomic E-state index is -1.67. The molecule has 0 saturated carbocycles. The van der Waals surface area contributed by atoms with Gasteiger partial charge in [0.1, 0.15) is 54.9 Å². The van der Waals surface area contributed by atoms with E-state index in [-0.39, 0.29) is 0 Å². The third kappa shape index (κ3) is 6.37. The molecule has 0 aliphatic carbocycles. The van der Waals surface area contributed by atoms with E-state index in [0.717, 1.165) is 0 Å². The van der Waals surface area contributed by atoms with E-state index < -0.39 is 112 Å². The molecular formula is C18H37N3O13. The van der Waals surface area contributed by atoms with Gasteiger partial charge in [-0.05, 0) is 0 Å². The molecule has 0 aromatic carbocycles. The van der Waals surface area contributed by atoms with Gasteiger partial charge in [0.2, 0.25) is 0 Å². The van der Waals surface area contributed by atoms with Crippen LogP contribution in [0.3, 0.4) is 0 Å². The summed E-state index contributed by atoms with van der Waals surface area (Å²) >= 11 is 0. The van der Waals surface area contributed by atoms with Gasteiger partial charge in [-0.2, -0.15) is 0 Å². The van der Waals surface area contributed by atoms with Crippen molar-refractivity contribution in [3.8, 4) is 0 Å². The van der Waals surface area contributed by atoms with Crippen molar-refractivity contribution < 1.29 is 64.9 Å². The van der Waals surface area contributed by atoms with Gasteiger partial charge in [0.25, 0.3) is 0 Å². The lowest BCUT2D eigenvalue weighted by molar-refractivity contribution is -0.338. The summed E-state index contributed by atoms with van der Waals surface area (Å²) in [7, 11) is 0. The second-order valence-electron chi connectivity index (χ2n) is 8.37. The summed E-state index contributed by atoms with van der Waals surface area (Å²) in [4.78, 5) is 0. The molecule has 202 valence electrons. The largest absolute Gasteiger partial charge is 0.395 e. The van der Waals surface area contributed by atoms with Crippen LogP contribution in [0.2, 0.25) is 0 Å². The van der Waals surface area contributed by atoms with Crippen molar-refractivity contribution in [3.05, 3.63) is 0 Å². The maximum Gasteiger partial charge on any atom is 0.176 e. The number of hydrogen-bond acceptors (Lipinski definition) is 16.